The van der Waals surface area contributed by atoms with Crippen molar-refractivity contribution in [1.29, 1.82) is 0 Å². The van der Waals surface area contributed by atoms with Crippen LogP contribution >= 0.6 is 0 Å². The molecule has 0 aromatic carbocycles. The lowest BCUT2D eigenvalue weighted by atomic mass is 10.3. The van der Waals surface area contributed by atoms with Gasteiger partial charge in [-0.25, -0.2) is 14.9 Å². The molecule has 9 nitrogen and oxygen atoms in total. The summed E-state index contributed by atoms with van der Waals surface area (Å²) in [5.74, 6) is 0.0710. The van der Waals surface area contributed by atoms with Gasteiger partial charge in [-0.3, -0.25) is 5.32 Å². The first kappa shape index (κ1) is 8.41. The second-order valence-corrected chi connectivity index (χ2v) is 2.73. The molecule has 0 radical (unpaired) electrons. The van der Waals surface area contributed by atoms with Gasteiger partial charge < -0.3 is 0 Å². The lowest BCUT2D eigenvalue weighted by Crippen LogP contribution is -2.50. The van der Waals surface area contributed by atoms with Crippen LogP contribution in [0.5, 0.6) is 0 Å². The van der Waals surface area contributed by atoms with Crippen LogP contribution in [-0.4, -0.2) is 39.4 Å². The average molecular weight is 198 g/mol. The number of nitrogens with one attached hydrogen (secondary N) is 1. The molecule has 2 aliphatic heterocycles. The molecule has 2 rings (SSSR count). The third-order valence-corrected chi connectivity index (χ3v) is 1.80. The van der Waals surface area contributed by atoms with E-state index in [1.54, 1.807) is 6.92 Å². The Morgan fingerprint density at radius 3 is 3.07 bits per heavy atom. The number of rotatable bonds is 1. The molecule has 0 bridgehead atoms. The molecule has 2 aliphatic rings. The van der Waals surface area contributed by atoms with Crippen molar-refractivity contribution in [2.45, 2.75) is 13.0 Å². The van der Waals surface area contributed by atoms with E-state index in [0.29, 0.717) is 5.12 Å². The predicted molar refractivity (Wildman–Crippen MR) is 44.6 cm³/mol. The minimum atomic E-state index is -0.842. The highest BCUT2D eigenvalue weighted by Gasteiger charge is 2.46. The van der Waals surface area contributed by atoms with Crippen molar-refractivity contribution in [3.63, 3.8) is 0 Å². The summed E-state index contributed by atoms with van der Waals surface area (Å²) in [4.78, 5) is 21.7. The maximum absolute atomic E-state index is 11.1. The van der Waals surface area contributed by atoms with E-state index in [9.17, 15) is 14.9 Å². The summed E-state index contributed by atoms with van der Waals surface area (Å²) in [5.41, 5.74) is 0. The van der Waals surface area contributed by atoms with Gasteiger partial charge in [-0.1, -0.05) is 0 Å². The van der Waals surface area contributed by atoms with Crippen molar-refractivity contribution in [2.24, 2.45) is 10.2 Å². The first-order valence-electron chi connectivity index (χ1n) is 3.77. The lowest BCUT2D eigenvalue weighted by molar-refractivity contribution is -0.665. The third-order valence-electron chi connectivity index (χ3n) is 1.80. The molecule has 9 heteroatoms. The zero-order chi connectivity index (χ0) is 10.3. The zero-order valence-corrected chi connectivity index (χ0v) is 7.12. The van der Waals surface area contributed by atoms with Gasteiger partial charge in [0, 0.05) is 0 Å². The van der Waals surface area contributed by atoms with E-state index < -0.39 is 11.1 Å². The molecule has 0 spiro atoms. The van der Waals surface area contributed by atoms with Crippen molar-refractivity contribution < 1.29 is 9.83 Å². The van der Waals surface area contributed by atoms with Crippen LogP contribution in [0.1, 0.15) is 6.92 Å². The quantitative estimate of drug-likeness (QED) is 0.438. The number of hydrogen-bond donors (Lipinski definition) is 1. The van der Waals surface area contributed by atoms with Crippen molar-refractivity contribution in [1.82, 2.24) is 15.4 Å². The molecular formula is C5H6N6O3. The summed E-state index contributed by atoms with van der Waals surface area (Å²) >= 11 is 0. The highest BCUT2D eigenvalue weighted by Crippen LogP contribution is 2.14. The largest absolute Gasteiger partial charge is 0.408 e. The van der Waals surface area contributed by atoms with Crippen LogP contribution in [0, 0.1) is 10.1 Å². The van der Waals surface area contributed by atoms with Gasteiger partial charge >= 0.3 is 6.03 Å². The summed E-state index contributed by atoms with van der Waals surface area (Å²) in [6.45, 7) is 1.66. The van der Waals surface area contributed by atoms with E-state index in [2.05, 4.69) is 15.5 Å². The number of guanidine groups is 1. The Morgan fingerprint density at radius 2 is 2.43 bits per heavy atom. The van der Waals surface area contributed by atoms with Crippen molar-refractivity contribution in [2.75, 3.05) is 0 Å². The Hall–Kier alpha value is -2.19. The van der Waals surface area contributed by atoms with Gasteiger partial charge in [0.05, 0.1) is 17.4 Å². The standard InChI is InChI=1S/C5H6N6O3/c1-3-2-6-8-4-7-5(12)10(9(3)4)11(13)14/h2-3H,1H3,(H,7,8,12). The monoisotopic (exact) mass is 198 g/mol. The minimum absolute atomic E-state index is 0.0710. The highest BCUT2D eigenvalue weighted by atomic mass is 16.7. The Bertz CT molecular complexity index is 362. The second kappa shape index (κ2) is 2.65. The van der Waals surface area contributed by atoms with Crippen molar-refractivity contribution in [3.8, 4) is 0 Å². The van der Waals surface area contributed by atoms with Crippen molar-refractivity contribution in [3.05, 3.63) is 10.1 Å². The lowest BCUT2D eigenvalue weighted by Gasteiger charge is -2.23. The van der Waals surface area contributed by atoms with Crippen LogP contribution < -0.4 is 5.32 Å². The first-order chi connectivity index (χ1) is 6.61. The Kier molecular flexibility index (Phi) is 1.59. The maximum Gasteiger partial charge on any atom is 0.408 e. The summed E-state index contributed by atoms with van der Waals surface area (Å²) in [7, 11) is 0. The smallest absolute Gasteiger partial charge is 0.268 e. The molecule has 0 aliphatic carbocycles. The van der Waals surface area contributed by atoms with E-state index in [0.717, 1.165) is 5.01 Å². The maximum atomic E-state index is 11.1. The normalized spacial score (nSPS) is 24.5. The first-order valence-corrected chi connectivity index (χ1v) is 3.77. The molecule has 1 atom stereocenters. The van der Waals surface area contributed by atoms with Crippen molar-refractivity contribution >= 4 is 18.2 Å². The number of nitrogens with zero attached hydrogens (tertiary/aromatic N) is 5. The minimum Gasteiger partial charge on any atom is -0.268 e. The van der Waals surface area contributed by atoms with Crippen LogP contribution in [-0.2, 0) is 0 Å². The molecular weight excluding hydrogens is 192 g/mol. The number of nitro groups is 1. The fourth-order valence-corrected chi connectivity index (χ4v) is 1.23. The van der Waals surface area contributed by atoms with E-state index in [1.165, 1.54) is 6.21 Å². The van der Waals surface area contributed by atoms with E-state index >= 15 is 0 Å². The molecule has 1 saturated heterocycles. The van der Waals surface area contributed by atoms with Gasteiger partial charge in [-0.05, 0) is 6.92 Å². The molecule has 1 fully saturated rings. The van der Waals surface area contributed by atoms with Crippen LogP contribution in [0.25, 0.3) is 0 Å². The van der Waals surface area contributed by atoms with Gasteiger partial charge in [0.25, 0.3) is 5.96 Å². The van der Waals surface area contributed by atoms with Gasteiger partial charge in [-0.2, -0.15) is 10.1 Å². The molecule has 0 saturated carbocycles. The average Bonchev–Trinajstić information content (AvgIpc) is 2.42. The van der Waals surface area contributed by atoms with Gasteiger partial charge in [0.1, 0.15) is 0 Å². The van der Waals surface area contributed by atoms with Crippen LogP contribution in [0.3, 0.4) is 0 Å². The molecule has 0 aromatic heterocycles. The zero-order valence-electron chi connectivity index (χ0n) is 7.12. The van der Waals surface area contributed by atoms with Gasteiger partial charge in [-0.15, -0.1) is 5.10 Å². The van der Waals surface area contributed by atoms with Gasteiger partial charge in [0.15, 0.2) is 5.03 Å². The fraction of sp³-hybridized carbons (Fsp3) is 0.400. The highest BCUT2D eigenvalue weighted by molar-refractivity contribution is 6.02. The van der Waals surface area contributed by atoms with E-state index in [1.807, 2.05) is 0 Å². The molecule has 1 unspecified atom stereocenters. The fourth-order valence-electron chi connectivity index (χ4n) is 1.23. The summed E-state index contributed by atoms with van der Waals surface area (Å²) in [5, 5.41) is 20.6. The number of fused-ring (bicyclic) bond motifs is 1. The number of amides is 2. The molecule has 2 amide bonds. The number of hydrazine groups is 2. The Morgan fingerprint density at radius 1 is 1.71 bits per heavy atom. The number of carbonyl (C=O) groups is 1. The SMILES string of the molecule is CC1C=NN=C2NC(=O)N([N+](=O)[O-])N21. The number of urea groups is 1. The Labute approximate surface area is 77.8 Å². The summed E-state index contributed by atoms with van der Waals surface area (Å²) in [6, 6.07) is -1.22. The second-order valence-electron chi connectivity index (χ2n) is 2.73. The summed E-state index contributed by atoms with van der Waals surface area (Å²) in [6.07, 6.45) is 1.40. The van der Waals surface area contributed by atoms with Crippen LogP contribution in [0.2, 0.25) is 0 Å². The Balaban J connectivity index is 2.37. The van der Waals surface area contributed by atoms with E-state index in [-0.39, 0.29) is 12.0 Å². The molecule has 2 heterocycles. The van der Waals surface area contributed by atoms with Crippen LogP contribution in [0.4, 0.5) is 4.79 Å². The number of carbonyl (C=O) groups excluding carboxylic acids is 1. The van der Waals surface area contributed by atoms with E-state index in [4.69, 9.17) is 0 Å². The molecule has 74 valence electrons. The third kappa shape index (κ3) is 0.985. The molecule has 14 heavy (non-hydrogen) atoms. The number of hydrogen-bond acceptors (Lipinski definition) is 6. The van der Waals surface area contributed by atoms with Crippen LogP contribution in [0.15, 0.2) is 10.2 Å². The molecule has 0 aromatic rings. The molecule has 1 N–H and O–H groups in total. The van der Waals surface area contributed by atoms with Gasteiger partial charge in [0.2, 0.25) is 0 Å². The topological polar surface area (TPSA) is 103 Å². The predicted octanol–water partition coefficient (Wildman–Crippen LogP) is -0.836. The summed E-state index contributed by atoms with van der Waals surface area (Å²) < 4.78 is 0.